The smallest absolute Gasteiger partial charge is 0.244 e. The summed E-state index contributed by atoms with van der Waals surface area (Å²) >= 11 is 0. The summed E-state index contributed by atoms with van der Waals surface area (Å²) in [5.41, 5.74) is 4.11. The molecule has 0 aromatic heterocycles. The first-order chi connectivity index (χ1) is 16.0. The number of sulfonamides is 1. The Bertz CT molecular complexity index is 1110. The van der Waals surface area contributed by atoms with Crippen molar-refractivity contribution in [2.24, 2.45) is 0 Å². The third kappa shape index (κ3) is 7.06. The van der Waals surface area contributed by atoms with Gasteiger partial charge >= 0.3 is 0 Å². The Labute approximate surface area is 204 Å². The van der Waals surface area contributed by atoms with Gasteiger partial charge in [-0.3, -0.25) is 13.9 Å². The maximum Gasteiger partial charge on any atom is 0.244 e. The molecule has 0 fully saturated rings. The van der Waals surface area contributed by atoms with E-state index < -0.39 is 22.0 Å². The number of rotatable bonds is 11. The lowest BCUT2D eigenvalue weighted by atomic mass is 10.1. The lowest BCUT2D eigenvalue weighted by Crippen LogP contribution is -2.52. The minimum absolute atomic E-state index is 0.211. The van der Waals surface area contributed by atoms with Gasteiger partial charge in [-0.2, -0.15) is 0 Å². The Morgan fingerprint density at radius 1 is 1.03 bits per heavy atom. The molecule has 0 aliphatic heterocycles. The zero-order valence-corrected chi connectivity index (χ0v) is 21.9. The highest BCUT2D eigenvalue weighted by atomic mass is 32.2. The molecule has 0 radical (unpaired) electrons. The molecule has 34 heavy (non-hydrogen) atoms. The Kier molecular flexibility index (Phi) is 9.67. The summed E-state index contributed by atoms with van der Waals surface area (Å²) in [5, 5.41) is 2.88. The number of benzene rings is 2. The van der Waals surface area contributed by atoms with E-state index >= 15 is 0 Å². The quantitative estimate of drug-likeness (QED) is 0.523. The van der Waals surface area contributed by atoms with E-state index in [1.165, 1.54) is 4.90 Å². The van der Waals surface area contributed by atoms with Crippen LogP contribution in [0.4, 0.5) is 5.69 Å². The number of carbonyl (C=O) groups excluding carboxylic acids is 2. The fraction of sp³-hybridized carbons (Fsp3) is 0.462. The number of aryl methyl sites for hydroxylation is 2. The molecule has 1 N–H and O–H groups in total. The Morgan fingerprint density at radius 2 is 1.71 bits per heavy atom. The van der Waals surface area contributed by atoms with Crippen molar-refractivity contribution >= 4 is 27.5 Å². The van der Waals surface area contributed by atoms with Gasteiger partial charge in [0.15, 0.2) is 0 Å². The van der Waals surface area contributed by atoms with Gasteiger partial charge in [0.05, 0.1) is 11.9 Å². The highest BCUT2D eigenvalue weighted by molar-refractivity contribution is 7.92. The van der Waals surface area contributed by atoms with Crippen molar-refractivity contribution in [3.63, 3.8) is 0 Å². The Morgan fingerprint density at radius 3 is 2.29 bits per heavy atom. The first-order valence-electron chi connectivity index (χ1n) is 11.7. The van der Waals surface area contributed by atoms with Crippen LogP contribution >= 0.6 is 0 Å². The van der Waals surface area contributed by atoms with Gasteiger partial charge in [0.1, 0.15) is 12.6 Å². The molecule has 1 atom stereocenters. The molecule has 0 aliphatic carbocycles. The fourth-order valence-corrected chi connectivity index (χ4v) is 4.79. The van der Waals surface area contributed by atoms with Crippen molar-refractivity contribution in [1.29, 1.82) is 0 Å². The predicted molar refractivity (Wildman–Crippen MR) is 137 cm³/mol. The van der Waals surface area contributed by atoms with Crippen LogP contribution in [0.2, 0.25) is 0 Å². The summed E-state index contributed by atoms with van der Waals surface area (Å²) in [6.45, 7) is 9.86. The maximum absolute atomic E-state index is 13.7. The van der Waals surface area contributed by atoms with Gasteiger partial charge in [-0.25, -0.2) is 8.42 Å². The highest BCUT2D eigenvalue weighted by Gasteiger charge is 2.32. The van der Waals surface area contributed by atoms with E-state index in [2.05, 4.69) is 5.32 Å². The van der Waals surface area contributed by atoms with E-state index in [-0.39, 0.29) is 19.0 Å². The van der Waals surface area contributed by atoms with Crippen molar-refractivity contribution in [1.82, 2.24) is 10.2 Å². The lowest BCUT2D eigenvalue weighted by molar-refractivity contribution is -0.140. The number of carbonyl (C=O) groups is 2. The van der Waals surface area contributed by atoms with Crippen LogP contribution in [0.1, 0.15) is 48.9 Å². The number of hydrogen-bond donors (Lipinski definition) is 1. The molecular formula is C26H37N3O4S. The second kappa shape index (κ2) is 12.0. The molecule has 2 aromatic rings. The van der Waals surface area contributed by atoms with Crippen LogP contribution < -0.4 is 9.62 Å². The third-order valence-electron chi connectivity index (χ3n) is 5.89. The molecule has 2 aromatic carbocycles. The molecule has 0 unspecified atom stereocenters. The average Bonchev–Trinajstić information content (AvgIpc) is 2.77. The minimum Gasteiger partial charge on any atom is -0.354 e. The first-order valence-corrected chi connectivity index (χ1v) is 13.5. The second-order valence-electron chi connectivity index (χ2n) is 8.71. The van der Waals surface area contributed by atoms with Gasteiger partial charge in [-0.1, -0.05) is 55.8 Å². The summed E-state index contributed by atoms with van der Waals surface area (Å²) in [6, 6.07) is 12.4. The van der Waals surface area contributed by atoms with Crippen LogP contribution in [0.5, 0.6) is 0 Å². The Hall–Kier alpha value is -2.87. The van der Waals surface area contributed by atoms with E-state index in [0.717, 1.165) is 39.2 Å². The van der Waals surface area contributed by atoms with Crippen LogP contribution in [0, 0.1) is 20.8 Å². The second-order valence-corrected chi connectivity index (χ2v) is 10.6. The van der Waals surface area contributed by atoms with Crippen LogP contribution in [-0.4, -0.2) is 50.5 Å². The maximum atomic E-state index is 13.7. The van der Waals surface area contributed by atoms with E-state index in [9.17, 15) is 18.0 Å². The van der Waals surface area contributed by atoms with Gasteiger partial charge in [0.25, 0.3) is 0 Å². The van der Waals surface area contributed by atoms with Crippen LogP contribution in [-0.2, 0) is 26.2 Å². The first kappa shape index (κ1) is 27.4. The summed E-state index contributed by atoms with van der Waals surface area (Å²) in [4.78, 5) is 28.1. The van der Waals surface area contributed by atoms with E-state index in [4.69, 9.17) is 0 Å². The largest absolute Gasteiger partial charge is 0.354 e. The summed E-state index contributed by atoms with van der Waals surface area (Å²) in [5.74, 6) is -0.658. The van der Waals surface area contributed by atoms with Gasteiger partial charge in [0, 0.05) is 13.1 Å². The van der Waals surface area contributed by atoms with Gasteiger partial charge in [-0.05, 0) is 56.4 Å². The van der Waals surface area contributed by atoms with Crippen molar-refractivity contribution in [3.05, 3.63) is 64.7 Å². The molecule has 0 saturated carbocycles. The van der Waals surface area contributed by atoms with Gasteiger partial charge < -0.3 is 10.2 Å². The number of nitrogens with one attached hydrogen (secondary N) is 1. The summed E-state index contributed by atoms with van der Waals surface area (Å²) in [7, 11) is -3.75. The van der Waals surface area contributed by atoms with E-state index in [1.807, 2.05) is 65.0 Å². The zero-order valence-electron chi connectivity index (χ0n) is 21.1. The molecule has 0 bridgehead atoms. The molecule has 8 heteroatoms. The molecular weight excluding hydrogens is 450 g/mol. The van der Waals surface area contributed by atoms with Gasteiger partial charge in [-0.15, -0.1) is 0 Å². The summed E-state index contributed by atoms with van der Waals surface area (Å²) < 4.78 is 26.6. The van der Waals surface area contributed by atoms with E-state index in [0.29, 0.717) is 18.7 Å². The van der Waals surface area contributed by atoms with Crippen molar-refractivity contribution in [2.45, 2.75) is 60.0 Å². The van der Waals surface area contributed by atoms with E-state index in [1.54, 1.807) is 12.1 Å². The standard InChI is InChI=1S/C26H37N3O4S/c1-7-15-27-26(31)23(8-2)28(17-22-13-9-11-19(3)16-22)25(30)18-29(34(6,32)33)24-14-10-12-20(4)21(24)5/h9-14,16,23H,7-8,15,17-18H2,1-6H3,(H,27,31)/t23-/m1/s1. The third-order valence-corrected chi connectivity index (χ3v) is 7.02. The normalized spacial score (nSPS) is 12.2. The topological polar surface area (TPSA) is 86.8 Å². The number of hydrogen-bond acceptors (Lipinski definition) is 4. The summed E-state index contributed by atoms with van der Waals surface area (Å²) in [6.07, 6.45) is 2.29. The lowest BCUT2D eigenvalue weighted by Gasteiger charge is -2.33. The average molecular weight is 488 g/mol. The van der Waals surface area contributed by atoms with Crippen LogP contribution in [0.25, 0.3) is 0 Å². The van der Waals surface area contributed by atoms with Crippen molar-refractivity contribution in [3.8, 4) is 0 Å². The van der Waals surface area contributed by atoms with Crippen LogP contribution in [0.3, 0.4) is 0 Å². The molecule has 2 rings (SSSR count). The molecule has 0 aliphatic rings. The SMILES string of the molecule is CCCNC(=O)[C@@H](CC)N(Cc1cccc(C)c1)C(=O)CN(c1cccc(C)c1C)S(C)(=O)=O. The number of anilines is 1. The number of nitrogens with zero attached hydrogens (tertiary/aromatic N) is 2. The van der Waals surface area contributed by atoms with Crippen molar-refractivity contribution < 1.29 is 18.0 Å². The highest BCUT2D eigenvalue weighted by Crippen LogP contribution is 2.25. The zero-order chi connectivity index (χ0) is 25.5. The number of amides is 2. The van der Waals surface area contributed by atoms with Crippen LogP contribution in [0.15, 0.2) is 42.5 Å². The minimum atomic E-state index is -3.75. The fourth-order valence-electron chi connectivity index (χ4n) is 3.89. The molecule has 186 valence electrons. The predicted octanol–water partition coefficient (Wildman–Crippen LogP) is 3.71. The van der Waals surface area contributed by atoms with Crippen molar-refractivity contribution in [2.75, 3.05) is 23.7 Å². The molecule has 0 heterocycles. The molecule has 2 amide bonds. The Balaban J connectivity index is 2.47. The molecule has 7 nitrogen and oxygen atoms in total. The van der Waals surface area contributed by atoms with Gasteiger partial charge in [0.2, 0.25) is 21.8 Å². The monoisotopic (exact) mass is 487 g/mol. The molecule has 0 spiro atoms. The molecule has 0 saturated heterocycles.